The van der Waals surface area contributed by atoms with E-state index in [0.29, 0.717) is 12.1 Å². The van der Waals surface area contributed by atoms with Gasteiger partial charge in [0.05, 0.1) is 24.1 Å². The first-order chi connectivity index (χ1) is 19.7. The summed E-state index contributed by atoms with van der Waals surface area (Å²) in [6.07, 6.45) is -7.37. The zero-order valence-electron chi connectivity index (χ0n) is 23.2. The van der Waals surface area contributed by atoms with Gasteiger partial charge in [-0.1, -0.05) is 12.1 Å². The lowest BCUT2D eigenvalue weighted by atomic mass is 9.99. The van der Waals surface area contributed by atoms with E-state index < -0.39 is 66.0 Å². The van der Waals surface area contributed by atoms with Gasteiger partial charge in [0.25, 0.3) is 0 Å². The maximum absolute atomic E-state index is 14.1. The van der Waals surface area contributed by atoms with Crippen molar-refractivity contribution in [2.75, 3.05) is 31.5 Å². The van der Waals surface area contributed by atoms with Gasteiger partial charge in [0, 0.05) is 37.9 Å². The molecule has 0 aliphatic carbocycles. The summed E-state index contributed by atoms with van der Waals surface area (Å²) in [5, 5.41) is 15.7. The molecule has 3 atom stereocenters. The summed E-state index contributed by atoms with van der Waals surface area (Å²) >= 11 is 0. The predicted octanol–water partition coefficient (Wildman–Crippen LogP) is 1.25. The number of anilines is 1. The molecule has 42 heavy (non-hydrogen) atoms. The molecule has 0 fully saturated rings. The van der Waals surface area contributed by atoms with Gasteiger partial charge >= 0.3 is 6.18 Å². The average Bonchev–Trinajstić information content (AvgIpc) is 2.92. The van der Waals surface area contributed by atoms with Gasteiger partial charge in [-0.3, -0.25) is 14.4 Å². The highest BCUT2D eigenvalue weighted by Crippen LogP contribution is 2.31. The first kappa shape index (κ1) is 34.4. The predicted molar refractivity (Wildman–Crippen MR) is 146 cm³/mol. The molecule has 0 heterocycles. The fourth-order valence-corrected chi connectivity index (χ4v) is 3.84. The molecule has 0 saturated carbocycles. The highest BCUT2D eigenvalue weighted by Gasteiger charge is 2.34. The van der Waals surface area contributed by atoms with E-state index in [1.807, 2.05) is 0 Å². The number of hydrogen-bond acceptors (Lipinski definition) is 8. The summed E-state index contributed by atoms with van der Waals surface area (Å²) < 4.78 is 58.6. The van der Waals surface area contributed by atoms with Crippen LogP contribution in [-0.4, -0.2) is 72.1 Å². The summed E-state index contributed by atoms with van der Waals surface area (Å²) in [5.41, 5.74) is 15.8. The number of carbonyl (C=O) groups excluding carboxylic acids is 3. The molecular formula is C27H36F4N6O5. The molecule has 0 saturated heterocycles. The largest absolute Gasteiger partial charge is 0.488 e. The van der Waals surface area contributed by atoms with Crippen LogP contribution in [0.4, 0.5) is 23.2 Å². The summed E-state index contributed by atoms with van der Waals surface area (Å²) in [6.45, 7) is 3.94. The molecule has 3 amide bonds. The molecule has 2 rings (SSSR count). The topological polar surface area (TPSA) is 186 Å². The molecule has 9 N–H and O–H groups in total. The first-order valence-corrected chi connectivity index (χ1v) is 13.0. The Labute approximate surface area is 240 Å². The Hall–Kier alpha value is -3.79. The Kier molecular flexibility index (Phi) is 12.7. The van der Waals surface area contributed by atoms with Crippen LogP contribution < -0.4 is 32.6 Å². The van der Waals surface area contributed by atoms with E-state index in [9.17, 15) is 37.1 Å². The van der Waals surface area contributed by atoms with Crippen molar-refractivity contribution < 1.29 is 41.8 Å². The molecule has 0 radical (unpaired) electrons. The van der Waals surface area contributed by atoms with E-state index in [-0.39, 0.29) is 43.2 Å². The molecule has 0 aliphatic rings. The molecular weight excluding hydrogens is 564 g/mol. The monoisotopic (exact) mass is 600 g/mol. The van der Waals surface area contributed by atoms with Crippen molar-refractivity contribution in [1.29, 1.82) is 0 Å². The maximum atomic E-state index is 14.1. The number of benzene rings is 2. The number of alkyl halides is 3. The van der Waals surface area contributed by atoms with Gasteiger partial charge in [-0.15, -0.1) is 0 Å². The molecule has 0 bridgehead atoms. The smallest absolute Gasteiger partial charge is 0.416 e. The van der Waals surface area contributed by atoms with Crippen LogP contribution in [0, 0.1) is 5.82 Å². The van der Waals surface area contributed by atoms with E-state index in [4.69, 9.17) is 21.9 Å². The second-order valence-electron chi connectivity index (χ2n) is 9.62. The van der Waals surface area contributed by atoms with E-state index in [2.05, 4.69) is 10.6 Å². The Balaban J connectivity index is 2.33. The van der Waals surface area contributed by atoms with Crippen molar-refractivity contribution in [2.24, 2.45) is 17.2 Å². The first-order valence-electron chi connectivity index (χ1n) is 13.0. The molecule has 15 heteroatoms. The van der Waals surface area contributed by atoms with E-state index in [0.717, 1.165) is 18.2 Å². The normalized spacial score (nSPS) is 13.7. The van der Waals surface area contributed by atoms with Crippen molar-refractivity contribution in [3.8, 4) is 5.75 Å². The van der Waals surface area contributed by atoms with Crippen LogP contribution in [-0.2, 0) is 20.6 Å². The van der Waals surface area contributed by atoms with Crippen molar-refractivity contribution in [1.82, 2.24) is 10.2 Å². The number of hydrogen-bond donors (Lipinski definition) is 6. The lowest BCUT2D eigenvalue weighted by Gasteiger charge is -2.26. The number of halogens is 4. The fraction of sp³-hybridized carbons (Fsp3) is 0.444. The minimum Gasteiger partial charge on any atom is -0.488 e. The Morgan fingerprint density at radius 3 is 2.12 bits per heavy atom. The molecule has 0 spiro atoms. The minimum absolute atomic E-state index is 0.0367. The number of nitrogens with one attached hydrogen (secondary N) is 2. The van der Waals surface area contributed by atoms with E-state index >= 15 is 0 Å². The van der Waals surface area contributed by atoms with Crippen molar-refractivity contribution >= 4 is 23.4 Å². The second-order valence-corrected chi connectivity index (χ2v) is 9.62. The highest BCUT2D eigenvalue weighted by atomic mass is 19.4. The fourth-order valence-electron chi connectivity index (χ4n) is 3.84. The molecule has 0 unspecified atom stereocenters. The molecule has 2 aromatic carbocycles. The maximum Gasteiger partial charge on any atom is 0.416 e. The van der Waals surface area contributed by atoms with Crippen LogP contribution in [0.1, 0.15) is 37.5 Å². The van der Waals surface area contributed by atoms with Crippen molar-refractivity contribution in [3.05, 3.63) is 59.4 Å². The number of aliphatic hydroxyl groups is 1. The van der Waals surface area contributed by atoms with Crippen LogP contribution in [0.3, 0.4) is 0 Å². The summed E-state index contributed by atoms with van der Waals surface area (Å²) in [4.78, 5) is 40.2. The third-order valence-corrected chi connectivity index (χ3v) is 5.92. The number of carbonyl (C=O) groups is 3. The summed E-state index contributed by atoms with van der Waals surface area (Å²) in [6, 6.07) is 3.48. The van der Waals surface area contributed by atoms with Crippen LogP contribution >= 0.6 is 0 Å². The van der Waals surface area contributed by atoms with E-state index in [1.54, 1.807) is 13.8 Å². The quantitative estimate of drug-likeness (QED) is 0.175. The number of rotatable bonds is 14. The van der Waals surface area contributed by atoms with E-state index in [1.165, 1.54) is 17.0 Å². The lowest BCUT2D eigenvalue weighted by molar-refractivity contribution is -0.137. The Bertz CT molecular complexity index is 1210. The summed E-state index contributed by atoms with van der Waals surface area (Å²) in [7, 11) is 0. The van der Waals surface area contributed by atoms with Gasteiger partial charge in [-0.25, -0.2) is 4.39 Å². The second kappa shape index (κ2) is 15.4. The third-order valence-electron chi connectivity index (χ3n) is 5.92. The molecule has 0 aromatic heterocycles. The number of nitrogens with zero attached hydrogens (tertiary/aromatic N) is 1. The SMILES string of the molecule is CC(C)Oc1cc(NC(=O)[C@@H](NC(=O)[C@@H](N)CC(=O)N(CCN)CCN)[C@H](O)c2ccc(C(F)(F)F)cc2)ccc1F. The zero-order chi connectivity index (χ0) is 31.6. The minimum atomic E-state index is -4.65. The average molecular weight is 601 g/mol. The van der Waals surface area contributed by atoms with Gasteiger partial charge in [0.15, 0.2) is 11.6 Å². The van der Waals surface area contributed by atoms with Crippen molar-refractivity contribution in [2.45, 2.75) is 50.7 Å². The van der Waals surface area contributed by atoms with Gasteiger partial charge in [0.1, 0.15) is 12.1 Å². The van der Waals surface area contributed by atoms with Crippen molar-refractivity contribution in [3.63, 3.8) is 0 Å². The van der Waals surface area contributed by atoms with Gasteiger partial charge < -0.3 is 42.6 Å². The molecule has 2 aromatic rings. The summed E-state index contributed by atoms with van der Waals surface area (Å²) in [5.74, 6) is -3.42. The third kappa shape index (κ3) is 9.94. The molecule has 11 nitrogen and oxygen atoms in total. The van der Waals surface area contributed by atoms with Crippen LogP contribution in [0.15, 0.2) is 42.5 Å². The lowest BCUT2D eigenvalue weighted by Crippen LogP contribution is -2.53. The number of ether oxygens (including phenoxy) is 1. The van der Waals surface area contributed by atoms with Crippen LogP contribution in [0.5, 0.6) is 5.75 Å². The van der Waals surface area contributed by atoms with Gasteiger partial charge in [0.2, 0.25) is 17.7 Å². The molecule has 0 aliphatic heterocycles. The zero-order valence-corrected chi connectivity index (χ0v) is 23.2. The number of aliphatic hydroxyl groups excluding tert-OH is 1. The Morgan fingerprint density at radius 1 is 1.00 bits per heavy atom. The number of amides is 3. The highest BCUT2D eigenvalue weighted by molar-refractivity contribution is 5.99. The molecule has 232 valence electrons. The van der Waals surface area contributed by atoms with Gasteiger partial charge in [-0.2, -0.15) is 13.2 Å². The number of nitrogens with two attached hydrogens (primary N) is 3. The Morgan fingerprint density at radius 2 is 1.60 bits per heavy atom. The van der Waals surface area contributed by atoms with Crippen LogP contribution in [0.2, 0.25) is 0 Å². The van der Waals surface area contributed by atoms with Crippen LogP contribution in [0.25, 0.3) is 0 Å². The van der Waals surface area contributed by atoms with Gasteiger partial charge in [-0.05, 0) is 43.7 Å². The standard InChI is InChI=1S/C27H36F4N6O5/c1-15(2)42-21-13-18(7-8-19(21)28)35-26(41)23(24(39)16-3-5-17(6-4-16)27(29,30)31)36-25(40)20(34)14-22(38)37(11-9-32)12-10-33/h3-8,13,15,20,23-24,39H,9-12,14,32-34H2,1-2H3,(H,35,41)(H,36,40)/t20-,23-,24+/m0/s1.